The molecule has 0 saturated heterocycles. The Hall–Kier alpha value is -0.616. The van der Waals surface area contributed by atoms with Crippen LogP contribution >= 0.6 is 10.4 Å². The maximum absolute atomic E-state index is 10.7. The monoisotopic (exact) mass is 322 g/mol. The second-order valence-electron chi connectivity index (χ2n) is 3.78. The molecule has 0 unspecified atom stereocenters. The van der Waals surface area contributed by atoms with Crippen molar-refractivity contribution in [3.8, 4) is 0 Å². The van der Waals surface area contributed by atoms with Crippen LogP contribution < -0.4 is 19.7 Å². The average Bonchev–Trinajstić information content (AvgIpc) is 2.22. The number of hydrogen-bond donors (Lipinski definition) is 2. The van der Waals surface area contributed by atoms with Gasteiger partial charge in [0.15, 0.2) is 0 Å². The normalized spacial score (nSPS) is 11.2. The molecule has 18 heavy (non-hydrogen) atoms. The first-order valence-corrected chi connectivity index (χ1v) is 7.69. The van der Waals surface area contributed by atoms with Gasteiger partial charge in [-0.15, -0.1) is 0 Å². The van der Waals surface area contributed by atoms with Crippen molar-refractivity contribution >= 4 is 22.6 Å². The maximum atomic E-state index is 10.7. The number of rotatable bonds is 8. The first-order valence-electron chi connectivity index (χ1n) is 5.72. The van der Waals surface area contributed by atoms with E-state index in [9.17, 15) is 19.8 Å². The van der Waals surface area contributed by atoms with Crippen LogP contribution in [0, 0.1) is 0 Å². The van der Waals surface area contributed by atoms with E-state index in [4.69, 9.17) is 0 Å². The van der Waals surface area contributed by atoms with E-state index in [1.807, 2.05) is 13.8 Å². The van der Waals surface area contributed by atoms with Gasteiger partial charge in [-0.25, -0.2) is 0 Å². The number of unbranched alkanes of at least 4 members (excludes halogenated alkanes) is 2. The largest absolute Gasteiger partial charge is 2.00 e. The fraction of sp³-hybridized carbons (Fsp3) is 0.800. The first-order chi connectivity index (χ1) is 7.95. The molecule has 2 N–H and O–H groups in total. The molecule has 0 aliphatic heterocycles. The molecular formula is C10H20N2NiO4S. The zero-order valence-electron chi connectivity index (χ0n) is 10.6. The Morgan fingerprint density at radius 3 is 1.50 bits per heavy atom. The summed E-state index contributed by atoms with van der Waals surface area (Å²) in [5.41, 5.74) is 0. The fourth-order valence-corrected chi connectivity index (χ4v) is 4.30. The van der Waals surface area contributed by atoms with Crippen LogP contribution in [0.15, 0.2) is 0 Å². The van der Waals surface area contributed by atoms with Gasteiger partial charge >= 0.3 is 16.5 Å². The Balaban J connectivity index is 0. The molecule has 0 aromatic heterocycles. The van der Waals surface area contributed by atoms with Gasteiger partial charge in [-0.05, 0) is 12.8 Å². The summed E-state index contributed by atoms with van der Waals surface area (Å²) in [6.45, 7) is 3.92. The predicted molar refractivity (Wildman–Crippen MR) is 64.2 cm³/mol. The van der Waals surface area contributed by atoms with Crippen LogP contribution in [0.2, 0.25) is 0 Å². The van der Waals surface area contributed by atoms with Crippen LogP contribution in [0.1, 0.15) is 39.5 Å². The first kappa shape index (κ1) is 19.7. The van der Waals surface area contributed by atoms with E-state index in [0.717, 1.165) is 25.7 Å². The van der Waals surface area contributed by atoms with Crippen molar-refractivity contribution in [3.05, 3.63) is 0 Å². The van der Waals surface area contributed by atoms with E-state index in [-0.39, 0.29) is 16.5 Å². The van der Waals surface area contributed by atoms with Crippen LogP contribution in [-0.2, 0) is 16.5 Å². The van der Waals surface area contributed by atoms with Crippen molar-refractivity contribution in [2.75, 3.05) is 11.5 Å². The number of carbonyl (C=O) groups excluding carboxylic acids is 2. The fourth-order valence-electron chi connectivity index (χ4n) is 1.43. The molecular weight excluding hydrogens is 303 g/mol. The smallest absolute Gasteiger partial charge is 0.529 e. The Kier molecular flexibility index (Phi) is 11.3. The van der Waals surface area contributed by atoms with Gasteiger partial charge < -0.3 is 29.2 Å². The van der Waals surface area contributed by atoms with E-state index in [1.165, 1.54) is 0 Å². The van der Waals surface area contributed by atoms with Gasteiger partial charge in [0.2, 0.25) is 0 Å². The average molecular weight is 323 g/mol. The van der Waals surface area contributed by atoms with E-state index in [1.54, 1.807) is 0 Å². The minimum Gasteiger partial charge on any atom is -0.529 e. The second-order valence-corrected chi connectivity index (χ2v) is 6.77. The van der Waals surface area contributed by atoms with Crippen molar-refractivity contribution in [2.45, 2.75) is 39.5 Å². The second kappa shape index (κ2) is 10.3. The van der Waals surface area contributed by atoms with Gasteiger partial charge in [0.1, 0.15) is 12.2 Å². The molecule has 0 aliphatic rings. The molecule has 0 aromatic rings. The van der Waals surface area contributed by atoms with Crippen molar-refractivity contribution in [3.63, 3.8) is 0 Å². The molecule has 2 amide bonds. The third-order valence-corrected chi connectivity index (χ3v) is 5.34. The Morgan fingerprint density at radius 2 is 1.28 bits per heavy atom. The van der Waals surface area contributed by atoms with Crippen molar-refractivity contribution in [1.29, 1.82) is 0 Å². The molecule has 8 heteroatoms. The number of nitrogens with one attached hydrogen (secondary N) is 2. The molecule has 0 bridgehead atoms. The third kappa shape index (κ3) is 8.47. The summed E-state index contributed by atoms with van der Waals surface area (Å²) in [7, 11) is -2.14. The summed E-state index contributed by atoms with van der Waals surface area (Å²) in [4.78, 5) is 21.3. The summed E-state index contributed by atoms with van der Waals surface area (Å²) >= 11 is 0. The van der Waals surface area contributed by atoms with Crippen molar-refractivity contribution in [2.24, 2.45) is 0 Å². The molecule has 6 nitrogen and oxygen atoms in total. The van der Waals surface area contributed by atoms with Crippen LogP contribution in [0.4, 0.5) is 9.59 Å². The topological polar surface area (TPSA) is 104 Å². The molecule has 0 radical (unpaired) electrons. The van der Waals surface area contributed by atoms with Crippen LogP contribution in [0.3, 0.4) is 0 Å². The van der Waals surface area contributed by atoms with Crippen molar-refractivity contribution in [1.82, 2.24) is 9.44 Å². The summed E-state index contributed by atoms with van der Waals surface area (Å²) in [5.74, 6) is 0.955. The van der Waals surface area contributed by atoms with E-state index in [2.05, 4.69) is 9.44 Å². The minimum atomic E-state index is -2.14. The van der Waals surface area contributed by atoms with Gasteiger partial charge in [-0.3, -0.25) is 0 Å². The van der Waals surface area contributed by atoms with Gasteiger partial charge in [-0.2, -0.15) is 0 Å². The number of carboxylic acid groups (broad SMARTS) is 2. The summed E-state index contributed by atoms with van der Waals surface area (Å²) in [5, 5.41) is 21.3. The summed E-state index contributed by atoms with van der Waals surface area (Å²) < 4.78 is 4.50. The third-order valence-electron chi connectivity index (χ3n) is 2.25. The molecule has 0 fully saturated rings. The number of carbonyl (C=O) groups is 2. The standard InChI is InChI=1S/C10H22N2O4S.Ni/c1-3-5-7-17(8-6-4-2,11-9(13)14)12-10(15)16;/h11-12H,3-8H2,1-2H3,(H,13,14)(H,15,16);/q;+2/p-2. The molecule has 0 saturated carbocycles. The van der Waals surface area contributed by atoms with Crippen molar-refractivity contribution < 1.29 is 36.3 Å². The molecule has 0 aliphatic carbocycles. The molecule has 0 spiro atoms. The minimum absolute atomic E-state index is 0. The quantitative estimate of drug-likeness (QED) is 0.618. The maximum Gasteiger partial charge on any atom is 2.00 e. The van der Waals surface area contributed by atoms with Gasteiger partial charge in [0, 0.05) is 11.5 Å². The van der Waals surface area contributed by atoms with Gasteiger partial charge in [0.05, 0.1) is 0 Å². The SMILES string of the molecule is CCCCS(CCCC)(NC(=O)[O-])NC(=O)[O-].[Ni+2]. The molecule has 0 atom stereocenters. The van der Waals surface area contributed by atoms with E-state index < -0.39 is 22.6 Å². The van der Waals surface area contributed by atoms with Gasteiger partial charge in [0.25, 0.3) is 0 Å². The summed E-state index contributed by atoms with van der Waals surface area (Å²) in [6, 6.07) is 0. The zero-order valence-corrected chi connectivity index (χ0v) is 12.4. The summed E-state index contributed by atoms with van der Waals surface area (Å²) in [6.07, 6.45) is 0.343. The van der Waals surface area contributed by atoms with Crippen LogP contribution in [0.25, 0.3) is 0 Å². The predicted octanol–water partition coefficient (Wildman–Crippen LogP) is 0.0845. The van der Waals surface area contributed by atoms with E-state index in [0.29, 0.717) is 11.5 Å². The molecule has 0 heterocycles. The number of amides is 2. The van der Waals surface area contributed by atoms with Crippen LogP contribution in [0.5, 0.6) is 0 Å². The van der Waals surface area contributed by atoms with Crippen LogP contribution in [-0.4, -0.2) is 23.7 Å². The Bertz CT molecular complexity index is 240. The van der Waals surface area contributed by atoms with Gasteiger partial charge in [-0.1, -0.05) is 37.1 Å². The Labute approximate surface area is 119 Å². The zero-order chi connectivity index (χ0) is 13.3. The Morgan fingerprint density at radius 1 is 0.944 bits per heavy atom. The number of hydrogen-bond acceptors (Lipinski definition) is 4. The molecule has 110 valence electrons. The molecule has 0 aromatic carbocycles. The molecule has 0 rings (SSSR count). The van der Waals surface area contributed by atoms with E-state index >= 15 is 0 Å².